The number of anilines is 1. The van der Waals surface area contributed by atoms with Crippen molar-refractivity contribution < 1.29 is 14.3 Å². The molecule has 1 aromatic heterocycles. The lowest BCUT2D eigenvalue weighted by atomic mass is 9.85. The van der Waals surface area contributed by atoms with Gasteiger partial charge in [0.2, 0.25) is 6.79 Å². The maximum atomic E-state index is 12.9. The van der Waals surface area contributed by atoms with Gasteiger partial charge in [-0.05, 0) is 36.8 Å². The minimum Gasteiger partial charge on any atom is -0.454 e. The van der Waals surface area contributed by atoms with Crippen LogP contribution in [-0.2, 0) is 12.8 Å². The highest BCUT2D eigenvalue weighted by molar-refractivity contribution is 7.16. The Morgan fingerprint density at radius 1 is 1.27 bits per heavy atom. The Morgan fingerprint density at radius 3 is 2.88 bits per heavy atom. The first-order valence-electron chi connectivity index (χ1n) is 8.95. The zero-order valence-electron chi connectivity index (χ0n) is 14.4. The third kappa shape index (κ3) is 2.47. The molecular weight excluding hydrogens is 372 g/mol. The van der Waals surface area contributed by atoms with E-state index in [-0.39, 0.29) is 18.9 Å². The molecule has 0 fully saturated rings. The molecule has 1 aromatic carbocycles. The summed E-state index contributed by atoms with van der Waals surface area (Å²) >= 11 is 8.15. The Balaban J connectivity index is 1.50. The van der Waals surface area contributed by atoms with Crippen LogP contribution in [0.5, 0.6) is 11.5 Å². The average molecular weight is 391 g/mol. The van der Waals surface area contributed by atoms with Crippen molar-refractivity contribution in [1.29, 1.82) is 0 Å². The lowest BCUT2D eigenvalue weighted by molar-refractivity contribution is 0.0935. The molecular formula is C19H19ClN2O3S. The number of nitrogens with one attached hydrogen (secondary N) is 2. The van der Waals surface area contributed by atoms with E-state index in [1.807, 2.05) is 6.07 Å². The Bertz CT molecular complexity index is 911. The number of carbonyl (C=O) groups excluding carboxylic acids is 1. The number of halogens is 1. The first-order chi connectivity index (χ1) is 12.6. The Morgan fingerprint density at radius 2 is 2.08 bits per heavy atom. The summed E-state index contributed by atoms with van der Waals surface area (Å²) in [5, 5.41) is 8.03. The fraction of sp³-hybridized carbons (Fsp3) is 0.421. The van der Waals surface area contributed by atoms with E-state index in [1.54, 1.807) is 17.4 Å². The van der Waals surface area contributed by atoms with Crippen LogP contribution in [0.2, 0.25) is 5.02 Å². The summed E-state index contributed by atoms with van der Waals surface area (Å²) < 4.78 is 10.8. The molecule has 3 heterocycles. The minimum atomic E-state index is -0.376. The number of carbonyl (C=O) groups is 1. The van der Waals surface area contributed by atoms with Gasteiger partial charge < -0.3 is 20.1 Å². The maximum absolute atomic E-state index is 12.9. The number of rotatable bonds is 2. The molecule has 26 heavy (non-hydrogen) atoms. The van der Waals surface area contributed by atoms with Gasteiger partial charge in [-0.15, -0.1) is 11.3 Å². The normalized spacial score (nSPS) is 23.1. The zero-order chi connectivity index (χ0) is 17.8. The SMILES string of the molecule is CC[C@H]1CCc2c(sc3c2C(=O)N[C@H](c2cc4c(cc2Cl)OCO4)N3)C1. The van der Waals surface area contributed by atoms with Crippen molar-refractivity contribution in [2.75, 3.05) is 12.1 Å². The number of benzene rings is 1. The van der Waals surface area contributed by atoms with E-state index >= 15 is 0 Å². The molecule has 1 amide bonds. The van der Waals surface area contributed by atoms with Gasteiger partial charge in [0.05, 0.1) is 10.6 Å². The van der Waals surface area contributed by atoms with E-state index < -0.39 is 0 Å². The van der Waals surface area contributed by atoms with Crippen molar-refractivity contribution in [1.82, 2.24) is 5.32 Å². The second-order valence-corrected chi connectivity index (χ2v) is 8.52. The molecule has 2 aliphatic heterocycles. The number of fused-ring (bicyclic) bond motifs is 4. The zero-order valence-corrected chi connectivity index (χ0v) is 15.9. The van der Waals surface area contributed by atoms with Crippen LogP contribution in [0.3, 0.4) is 0 Å². The molecule has 1 aliphatic carbocycles. The average Bonchev–Trinajstić information content (AvgIpc) is 3.23. The van der Waals surface area contributed by atoms with Crippen molar-refractivity contribution in [3.63, 3.8) is 0 Å². The van der Waals surface area contributed by atoms with Crippen LogP contribution in [0, 0.1) is 5.92 Å². The summed E-state index contributed by atoms with van der Waals surface area (Å²) in [5.74, 6) is 2.00. The fourth-order valence-electron chi connectivity index (χ4n) is 4.02. The predicted octanol–water partition coefficient (Wildman–Crippen LogP) is 4.50. The highest BCUT2D eigenvalue weighted by atomic mass is 35.5. The van der Waals surface area contributed by atoms with Gasteiger partial charge in [-0.2, -0.15) is 0 Å². The molecule has 0 saturated heterocycles. The summed E-state index contributed by atoms with van der Waals surface area (Å²) in [7, 11) is 0. The van der Waals surface area contributed by atoms with Crippen LogP contribution in [0.25, 0.3) is 0 Å². The number of thiophene rings is 1. The molecule has 0 spiro atoms. The molecule has 2 N–H and O–H groups in total. The molecule has 0 radical (unpaired) electrons. The Labute approximate surface area is 160 Å². The third-order valence-corrected chi connectivity index (χ3v) is 7.04. The molecule has 7 heteroatoms. The fourth-order valence-corrected chi connectivity index (χ4v) is 5.67. The van der Waals surface area contributed by atoms with Gasteiger partial charge >= 0.3 is 0 Å². The van der Waals surface area contributed by atoms with Crippen molar-refractivity contribution in [2.45, 2.75) is 38.8 Å². The van der Waals surface area contributed by atoms with Gasteiger partial charge in [-0.25, -0.2) is 0 Å². The quantitative estimate of drug-likeness (QED) is 0.792. The van der Waals surface area contributed by atoms with Crippen molar-refractivity contribution in [2.24, 2.45) is 5.92 Å². The first kappa shape index (κ1) is 16.3. The number of amides is 1. The van der Waals surface area contributed by atoms with E-state index in [0.717, 1.165) is 41.3 Å². The molecule has 2 atom stereocenters. The van der Waals surface area contributed by atoms with Crippen LogP contribution < -0.4 is 20.1 Å². The van der Waals surface area contributed by atoms with Crippen molar-refractivity contribution in [3.05, 3.63) is 38.7 Å². The Kier molecular flexibility index (Phi) is 3.79. The smallest absolute Gasteiger partial charge is 0.256 e. The monoisotopic (exact) mass is 390 g/mol. The van der Waals surface area contributed by atoms with E-state index in [0.29, 0.717) is 16.5 Å². The lowest BCUT2D eigenvalue weighted by Gasteiger charge is -2.28. The summed E-state index contributed by atoms with van der Waals surface area (Å²) in [5.41, 5.74) is 2.84. The van der Waals surface area contributed by atoms with E-state index in [2.05, 4.69) is 17.6 Å². The highest BCUT2D eigenvalue weighted by Gasteiger charge is 2.34. The molecule has 5 rings (SSSR count). The maximum Gasteiger partial charge on any atom is 0.256 e. The molecule has 2 aromatic rings. The van der Waals surface area contributed by atoms with Gasteiger partial charge in [0.25, 0.3) is 5.91 Å². The topological polar surface area (TPSA) is 59.6 Å². The molecule has 136 valence electrons. The molecule has 0 saturated carbocycles. The van der Waals surface area contributed by atoms with Crippen LogP contribution >= 0.6 is 22.9 Å². The van der Waals surface area contributed by atoms with Gasteiger partial charge in [0.15, 0.2) is 11.5 Å². The van der Waals surface area contributed by atoms with Crippen LogP contribution in [-0.4, -0.2) is 12.7 Å². The highest BCUT2D eigenvalue weighted by Crippen LogP contribution is 2.45. The van der Waals surface area contributed by atoms with Gasteiger partial charge in [-0.1, -0.05) is 24.9 Å². The first-order valence-corrected chi connectivity index (χ1v) is 10.1. The van der Waals surface area contributed by atoms with Crippen molar-refractivity contribution in [3.8, 4) is 11.5 Å². The van der Waals surface area contributed by atoms with E-state index in [1.165, 1.54) is 16.9 Å². The van der Waals surface area contributed by atoms with Crippen LogP contribution in [0.1, 0.15) is 52.3 Å². The molecule has 0 unspecified atom stereocenters. The lowest BCUT2D eigenvalue weighted by Crippen LogP contribution is -2.38. The van der Waals surface area contributed by atoms with Crippen LogP contribution in [0.15, 0.2) is 12.1 Å². The molecule has 5 nitrogen and oxygen atoms in total. The second-order valence-electron chi connectivity index (χ2n) is 7.00. The summed E-state index contributed by atoms with van der Waals surface area (Å²) in [4.78, 5) is 14.2. The largest absolute Gasteiger partial charge is 0.454 e. The molecule has 3 aliphatic rings. The summed E-state index contributed by atoms with van der Waals surface area (Å²) in [6, 6.07) is 3.59. The Hall–Kier alpha value is -1.92. The van der Waals surface area contributed by atoms with Gasteiger partial charge in [0.1, 0.15) is 11.2 Å². The number of hydrogen-bond donors (Lipinski definition) is 2. The van der Waals surface area contributed by atoms with Gasteiger partial charge in [0, 0.05) is 16.5 Å². The summed E-state index contributed by atoms with van der Waals surface area (Å²) in [6.07, 6.45) is 4.05. The molecule has 0 bridgehead atoms. The number of ether oxygens (including phenoxy) is 2. The minimum absolute atomic E-state index is 0.0232. The third-order valence-electron chi connectivity index (χ3n) is 5.53. The summed E-state index contributed by atoms with van der Waals surface area (Å²) in [6.45, 7) is 2.44. The van der Waals surface area contributed by atoms with E-state index in [4.69, 9.17) is 21.1 Å². The second kappa shape index (κ2) is 6.06. The van der Waals surface area contributed by atoms with Crippen LogP contribution in [0.4, 0.5) is 5.00 Å². The van der Waals surface area contributed by atoms with E-state index in [9.17, 15) is 4.79 Å². The number of hydrogen-bond acceptors (Lipinski definition) is 5. The standard InChI is InChI=1S/C19H19ClN2O3S/c1-2-9-3-4-10-15(5-9)26-19-16(10)18(23)21-17(22-19)11-6-13-14(7-12(11)20)25-8-24-13/h6-7,9,17,22H,2-5,8H2,1H3,(H,21,23)/t9-,17-/m0/s1. The predicted molar refractivity (Wildman–Crippen MR) is 102 cm³/mol. The van der Waals surface area contributed by atoms with Crippen molar-refractivity contribution >= 4 is 33.8 Å². The van der Waals surface area contributed by atoms with Gasteiger partial charge in [-0.3, -0.25) is 4.79 Å².